The number of nitrogens with zero attached hydrogens (tertiary/aromatic N) is 3. The molecule has 0 unspecified atom stereocenters. The molecule has 3 heterocycles. The lowest BCUT2D eigenvalue weighted by atomic mass is 10.00. The first-order chi connectivity index (χ1) is 17.8. The summed E-state index contributed by atoms with van der Waals surface area (Å²) in [6.07, 6.45) is 1.70. The second kappa shape index (κ2) is 9.66. The molecule has 8 heteroatoms. The largest absolute Gasteiger partial charge is 0.338 e. The third kappa shape index (κ3) is 4.81. The maximum atomic E-state index is 13.5. The Morgan fingerprint density at radius 3 is 2.30 bits per heavy atom. The Hall–Kier alpha value is -4.85. The van der Waals surface area contributed by atoms with Crippen LogP contribution in [0, 0.1) is 27.7 Å². The van der Waals surface area contributed by atoms with E-state index < -0.39 is 0 Å². The van der Waals surface area contributed by atoms with Gasteiger partial charge in [0.1, 0.15) is 0 Å². The Kier molecular flexibility index (Phi) is 6.23. The molecule has 3 aromatic heterocycles. The molecule has 5 rings (SSSR count). The lowest BCUT2D eigenvalue weighted by Crippen LogP contribution is -2.15. The van der Waals surface area contributed by atoms with Crippen molar-refractivity contribution in [1.29, 1.82) is 0 Å². The van der Waals surface area contributed by atoms with Gasteiger partial charge in [-0.3, -0.25) is 19.9 Å². The number of nitrogens with one attached hydrogen (secondary N) is 2. The van der Waals surface area contributed by atoms with E-state index in [2.05, 4.69) is 20.8 Å². The van der Waals surface area contributed by atoms with Crippen LogP contribution < -0.4 is 10.6 Å². The van der Waals surface area contributed by atoms with E-state index in [1.807, 2.05) is 51.1 Å². The van der Waals surface area contributed by atoms with Crippen molar-refractivity contribution in [2.24, 2.45) is 0 Å². The van der Waals surface area contributed by atoms with Gasteiger partial charge in [0.2, 0.25) is 5.88 Å². The number of fused-ring (bicyclic) bond motifs is 1. The predicted molar refractivity (Wildman–Crippen MR) is 143 cm³/mol. The molecular weight excluding hydrogens is 466 g/mol. The third-order valence-electron chi connectivity index (χ3n) is 6.21. The average Bonchev–Trinajstić information content (AvgIpc) is 3.21. The summed E-state index contributed by atoms with van der Waals surface area (Å²) < 4.78 is 5.16. The molecule has 37 heavy (non-hydrogen) atoms. The third-order valence-corrected chi connectivity index (χ3v) is 6.21. The van der Waals surface area contributed by atoms with Gasteiger partial charge >= 0.3 is 0 Å². The van der Waals surface area contributed by atoms with Crippen molar-refractivity contribution in [2.45, 2.75) is 27.7 Å². The van der Waals surface area contributed by atoms with Gasteiger partial charge in [-0.1, -0.05) is 22.9 Å². The summed E-state index contributed by atoms with van der Waals surface area (Å²) in [5, 5.41) is 10.3. The Labute approximate surface area is 213 Å². The fourth-order valence-corrected chi connectivity index (χ4v) is 4.12. The van der Waals surface area contributed by atoms with Gasteiger partial charge in [0, 0.05) is 28.4 Å². The zero-order valence-electron chi connectivity index (χ0n) is 20.9. The van der Waals surface area contributed by atoms with Crippen LogP contribution in [0.25, 0.3) is 22.3 Å². The van der Waals surface area contributed by atoms with E-state index in [9.17, 15) is 9.59 Å². The van der Waals surface area contributed by atoms with Gasteiger partial charge in [-0.05, 0) is 81.8 Å². The molecule has 0 aliphatic rings. The summed E-state index contributed by atoms with van der Waals surface area (Å²) >= 11 is 0. The van der Waals surface area contributed by atoms with Crippen molar-refractivity contribution in [3.05, 3.63) is 100 Å². The van der Waals surface area contributed by atoms with E-state index in [-0.39, 0.29) is 11.8 Å². The predicted octanol–water partition coefficient (Wildman–Crippen LogP) is 6.02. The molecule has 0 fully saturated rings. The SMILES string of the molecule is Cc1cc(C)c2nc(-c3ccccn3)cc(C(=O)Nc3ccc(C(=O)Nc4onc(C)c4C)cc3)c2c1. The summed E-state index contributed by atoms with van der Waals surface area (Å²) in [7, 11) is 0. The fraction of sp³-hybridized carbons (Fsp3) is 0.138. The van der Waals surface area contributed by atoms with Gasteiger partial charge < -0.3 is 9.84 Å². The van der Waals surface area contributed by atoms with Crippen LogP contribution in [0.4, 0.5) is 11.6 Å². The maximum Gasteiger partial charge on any atom is 0.258 e. The van der Waals surface area contributed by atoms with Crippen molar-refractivity contribution in [3.8, 4) is 11.4 Å². The number of rotatable bonds is 5. The first-order valence-corrected chi connectivity index (χ1v) is 11.8. The molecule has 0 bridgehead atoms. The molecule has 0 radical (unpaired) electrons. The van der Waals surface area contributed by atoms with E-state index in [1.54, 1.807) is 43.5 Å². The first kappa shape index (κ1) is 23.9. The standard InChI is InChI=1S/C29H25N5O3/c1-16-13-17(2)26-22(14-16)23(15-25(32-26)24-7-5-6-12-30-24)28(36)31-21-10-8-20(9-11-21)27(35)33-29-18(3)19(4)34-37-29/h5-15H,1-4H3,(H,31,36)(H,33,35). The lowest BCUT2D eigenvalue weighted by molar-refractivity contribution is 0.101. The highest BCUT2D eigenvalue weighted by molar-refractivity contribution is 6.13. The molecule has 0 atom stereocenters. The highest BCUT2D eigenvalue weighted by Crippen LogP contribution is 2.28. The minimum atomic E-state index is -0.330. The Morgan fingerprint density at radius 2 is 1.62 bits per heavy atom. The lowest BCUT2D eigenvalue weighted by Gasteiger charge is -2.13. The molecular formula is C29H25N5O3. The number of anilines is 2. The Morgan fingerprint density at radius 1 is 0.838 bits per heavy atom. The molecule has 184 valence electrons. The topological polar surface area (TPSA) is 110 Å². The molecule has 0 saturated heterocycles. The fourth-order valence-electron chi connectivity index (χ4n) is 4.12. The molecule has 5 aromatic rings. The maximum absolute atomic E-state index is 13.5. The number of aryl methyl sites for hydroxylation is 3. The van der Waals surface area contributed by atoms with Crippen LogP contribution in [0.5, 0.6) is 0 Å². The Balaban J connectivity index is 1.43. The van der Waals surface area contributed by atoms with E-state index in [0.29, 0.717) is 39.8 Å². The molecule has 0 spiro atoms. The van der Waals surface area contributed by atoms with Crippen LogP contribution in [0.2, 0.25) is 0 Å². The number of aromatic nitrogens is 3. The smallest absolute Gasteiger partial charge is 0.258 e. The van der Waals surface area contributed by atoms with Crippen LogP contribution in [-0.2, 0) is 0 Å². The quantitative estimate of drug-likeness (QED) is 0.311. The van der Waals surface area contributed by atoms with Gasteiger partial charge in [0.05, 0.1) is 28.2 Å². The number of carbonyl (C=O) groups is 2. The second-order valence-corrected chi connectivity index (χ2v) is 8.96. The van der Waals surface area contributed by atoms with Crippen LogP contribution in [0.1, 0.15) is 43.1 Å². The Bertz CT molecular complexity index is 1640. The molecule has 0 saturated carbocycles. The normalized spacial score (nSPS) is 10.9. The number of hydrogen-bond acceptors (Lipinski definition) is 6. The van der Waals surface area contributed by atoms with Gasteiger partial charge in [-0.2, -0.15) is 0 Å². The minimum Gasteiger partial charge on any atom is -0.338 e. The number of benzene rings is 2. The number of pyridine rings is 2. The minimum absolute atomic E-state index is 0.278. The van der Waals surface area contributed by atoms with Crippen molar-refractivity contribution in [2.75, 3.05) is 10.6 Å². The molecule has 0 aliphatic carbocycles. The average molecular weight is 492 g/mol. The first-order valence-electron chi connectivity index (χ1n) is 11.8. The van der Waals surface area contributed by atoms with E-state index in [0.717, 1.165) is 27.6 Å². The molecule has 8 nitrogen and oxygen atoms in total. The molecule has 2 N–H and O–H groups in total. The van der Waals surface area contributed by atoms with E-state index in [4.69, 9.17) is 9.51 Å². The number of amides is 2. The molecule has 2 aromatic carbocycles. The second-order valence-electron chi connectivity index (χ2n) is 8.96. The van der Waals surface area contributed by atoms with Gasteiger partial charge in [0.25, 0.3) is 11.8 Å². The van der Waals surface area contributed by atoms with Crippen molar-refractivity contribution in [1.82, 2.24) is 15.1 Å². The zero-order chi connectivity index (χ0) is 26.1. The molecule has 0 aliphatic heterocycles. The van der Waals surface area contributed by atoms with Crippen molar-refractivity contribution in [3.63, 3.8) is 0 Å². The van der Waals surface area contributed by atoms with Crippen LogP contribution in [0.3, 0.4) is 0 Å². The number of carbonyl (C=O) groups excluding carboxylic acids is 2. The van der Waals surface area contributed by atoms with Crippen LogP contribution in [0.15, 0.2) is 71.4 Å². The zero-order valence-corrected chi connectivity index (χ0v) is 20.9. The number of hydrogen-bond donors (Lipinski definition) is 2. The van der Waals surface area contributed by atoms with Gasteiger partial charge in [-0.25, -0.2) is 4.98 Å². The summed E-state index contributed by atoms with van der Waals surface area (Å²) in [5.74, 6) is -0.290. The summed E-state index contributed by atoms with van der Waals surface area (Å²) in [4.78, 5) is 35.3. The monoisotopic (exact) mass is 491 g/mol. The van der Waals surface area contributed by atoms with Crippen LogP contribution in [-0.4, -0.2) is 26.9 Å². The van der Waals surface area contributed by atoms with Gasteiger partial charge in [0.15, 0.2) is 0 Å². The summed E-state index contributed by atoms with van der Waals surface area (Å²) in [6, 6.07) is 18.0. The summed E-state index contributed by atoms with van der Waals surface area (Å²) in [5.41, 5.74) is 7.05. The van der Waals surface area contributed by atoms with Crippen molar-refractivity contribution < 1.29 is 14.1 Å². The van der Waals surface area contributed by atoms with Crippen molar-refractivity contribution >= 4 is 34.3 Å². The van der Waals surface area contributed by atoms with Gasteiger partial charge in [-0.15, -0.1) is 0 Å². The van der Waals surface area contributed by atoms with Crippen LogP contribution >= 0.6 is 0 Å². The van der Waals surface area contributed by atoms with E-state index in [1.165, 1.54) is 0 Å². The summed E-state index contributed by atoms with van der Waals surface area (Å²) in [6.45, 7) is 7.61. The van der Waals surface area contributed by atoms with E-state index >= 15 is 0 Å². The molecule has 2 amide bonds. The highest BCUT2D eigenvalue weighted by Gasteiger charge is 2.17. The highest BCUT2D eigenvalue weighted by atomic mass is 16.5.